The fraction of sp³-hybridized carbons (Fsp3) is 0.105. The molecule has 6 nitrogen and oxygen atoms in total. The Morgan fingerprint density at radius 1 is 1.12 bits per heavy atom. The molecule has 132 valence electrons. The number of carboxylic acid groups (broad SMARTS) is 1. The maximum absolute atomic E-state index is 12.4. The molecule has 0 aliphatic carbocycles. The molecule has 0 radical (unpaired) electrons. The Morgan fingerprint density at radius 2 is 1.85 bits per heavy atom. The second-order valence-electron chi connectivity index (χ2n) is 5.67. The number of rotatable bonds is 5. The first kappa shape index (κ1) is 17.6. The predicted octanol–water partition coefficient (Wildman–Crippen LogP) is 4.50. The number of amides is 1. The molecule has 1 amide bonds. The molecule has 0 unspecified atom stereocenters. The predicted molar refractivity (Wildman–Crippen MR) is 99.5 cm³/mol. The second kappa shape index (κ2) is 7.37. The fourth-order valence-electron chi connectivity index (χ4n) is 2.16. The summed E-state index contributed by atoms with van der Waals surface area (Å²) in [6.07, 6.45) is 1.54. The maximum atomic E-state index is 12.4. The van der Waals surface area contributed by atoms with Crippen molar-refractivity contribution in [1.29, 1.82) is 0 Å². The molecule has 3 aromatic rings. The standard InChI is InChI=1S/C19H16N2O4S/c1-11-3-6-13(7-4-11)17(22)21-15-9-16(18(23)24)26-19(15)25-14-8-5-12(2)20-10-14/h3-10H,1-2H3,(H,21,22)(H,23,24). The third-order valence-electron chi connectivity index (χ3n) is 3.57. The monoisotopic (exact) mass is 368 g/mol. The normalized spacial score (nSPS) is 10.4. The van der Waals surface area contributed by atoms with Crippen molar-refractivity contribution < 1.29 is 19.4 Å². The molecule has 0 fully saturated rings. The lowest BCUT2D eigenvalue weighted by atomic mass is 10.1. The Kier molecular flexibility index (Phi) is 4.99. The number of nitrogens with zero attached hydrogens (tertiary/aromatic N) is 1. The first-order valence-electron chi connectivity index (χ1n) is 7.78. The Balaban J connectivity index is 1.87. The van der Waals surface area contributed by atoms with Crippen LogP contribution in [0.1, 0.15) is 31.3 Å². The highest BCUT2D eigenvalue weighted by Gasteiger charge is 2.18. The molecule has 0 bridgehead atoms. The molecule has 2 N–H and O–H groups in total. The van der Waals surface area contributed by atoms with Crippen LogP contribution in [0.25, 0.3) is 0 Å². The Morgan fingerprint density at radius 3 is 2.46 bits per heavy atom. The number of hydrogen-bond acceptors (Lipinski definition) is 5. The summed E-state index contributed by atoms with van der Waals surface area (Å²) >= 11 is 0.942. The van der Waals surface area contributed by atoms with Crippen molar-refractivity contribution in [3.05, 3.63) is 70.4 Å². The van der Waals surface area contributed by atoms with Gasteiger partial charge in [0.25, 0.3) is 5.91 Å². The summed E-state index contributed by atoms with van der Waals surface area (Å²) in [6, 6.07) is 12.0. The van der Waals surface area contributed by atoms with Gasteiger partial charge in [0.05, 0.1) is 11.9 Å². The van der Waals surface area contributed by atoms with Gasteiger partial charge in [-0.25, -0.2) is 4.79 Å². The summed E-state index contributed by atoms with van der Waals surface area (Å²) in [4.78, 5) is 27.9. The van der Waals surface area contributed by atoms with Gasteiger partial charge in [-0.15, -0.1) is 0 Å². The van der Waals surface area contributed by atoms with E-state index in [1.807, 2.05) is 26.0 Å². The van der Waals surface area contributed by atoms with Gasteiger partial charge in [0.15, 0.2) is 0 Å². The lowest BCUT2D eigenvalue weighted by Gasteiger charge is -2.08. The molecule has 1 aromatic carbocycles. The van der Waals surface area contributed by atoms with E-state index in [0.717, 1.165) is 22.6 Å². The molecule has 0 spiro atoms. The quantitative estimate of drug-likeness (QED) is 0.692. The van der Waals surface area contributed by atoms with Crippen LogP contribution in [0, 0.1) is 13.8 Å². The average molecular weight is 368 g/mol. The van der Waals surface area contributed by atoms with Gasteiger partial charge in [-0.3, -0.25) is 9.78 Å². The molecule has 2 aromatic heterocycles. The highest BCUT2D eigenvalue weighted by molar-refractivity contribution is 7.16. The number of aromatic carboxylic acids is 1. The van der Waals surface area contributed by atoms with Crippen LogP contribution in [0.5, 0.6) is 10.8 Å². The molecule has 2 heterocycles. The van der Waals surface area contributed by atoms with E-state index < -0.39 is 5.97 Å². The van der Waals surface area contributed by atoms with E-state index in [1.54, 1.807) is 30.5 Å². The van der Waals surface area contributed by atoms with E-state index in [4.69, 9.17) is 4.74 Å². The van der Waals surface area contributed by atoms with Gasteiger partial charge in [-0.1, -0.05) is 29.0 Å². The second-order valence-corrected chi connectivity index (χ2v) is 6.69. The van der Waals surface area contributed by atoms with Crippen LogP contribution in [0.3, 0.4) is 0 Å². The van der Waals surface area contributed by atoms with Gasteiger partial charge in [0.1, 0.15) is 10.6 Å². The summed E-state index contributed by atoms with van der Waals surface area (Å²) in [7, 11) is 0. The molecular formula is C19H16N2O4S. The van der Waals surface area contributed by atoms with Crippen LogP contribution < -0.4 is 10.1 Å². The zero-order valence-corrected chi connectivity index (χ0v) is 15.0. The smallest absolute Gasteiger partial charge is 0.346 e. The minimum atomic E-state index is -1.09. The Labute approximate surface area is 154 Å². The van der Waals surface area contributed by atoms with Crippen LogP contribution in [0.4, 0.5) is 5.69 Å². The Hall–Kier alpha value is -3.19. The highest BCUT2D eigenvalue weighted by Crippen LogP contribution is 2.38. The van der Waals surface area contributed by atoms with Crippen molar-refractivity contribution >= 4 is 28.9 Å². The van der Waals surface area contributed by atoms with Crippen molar-refractivity contribution in [2.24, 2.45) is 0 Å². The molecule has 0 saturated carbocycles. The minimum Gasteiger partial charge on any atom is -0.477 e. The molecular weight excluding hydrogens is 352 g/mol. The molecule has 0 aliphatic rings. The van der Waals surface area contributed by atoms with Crippen molar-refractivity contribution in [3.63, 3.8) is 0 Å². The fourth-order valence-corrected chi connectivity index (χ4v) is 2.99. The third kappa shape index (κ3) is 4.07. The van der Waals surface area contributed by atoms with E-state index in [0.29, 0.717) is 17.0 Å². The van der Waals surface area contributed by atoms with Gasteiger partial charge in [0.2, 0.25) is 5.06 Å². The number of hydrogen-bond donors (Lipinski definition) is 2. The zero-order valence-electron chi connectivity index (χ0n) is 14.1. The SMILES string of the molecule is Cc1ccc(C(=O)Nc2cc(C(=O)O)sc2Oc2ccc(C)nc2)cc1. The Bertz CT molecular complexity index is 947. The van der Waals surface area contributed by atoms with Crippen LogP contribution in [0.2, 0.25) is 0 Å². The van der Waals surface area contributed by atoms with E-state index in [9.17, 15) is 14.7 Å². The van der Waals surface area contributed by atoms with Gasteiger partial charge in [-0.2, -0.15) is 0 Å². The molecule has 0 saturated heterocycles. The zero-order chi connectivity index (χ0) is 18.7. The van der Waals surface area contributed by atoms with E-state index in [-0.39, 0.29) is 15.8 Å². The summed E-state index contributed by atoms with van der Waals surface area (Å²) < 4.78 is 5.73. The number of aryl methyl sites for hydroxylation is 2. The third-order valence-corrected chi connectivity index (χ3v) is 4.57. The number of anilines is 1. The molecule has 0 aliphatic heterocycles. The van der Waals surface area contributed by atoms with Crippen LogP contribution in [-0.4, -0.2) is 22.0 Å². The summed E-state index contributed by atoms with van der Waals surface area (Å²) in [5.74, 6) is -0.968. The van der Waals surface area contributed by atoms with Gasteiger partial charge >= 0.3 is 5.97 Å². The number of carboxylic acids is 1. The summed E-state index contributed by atoms with van der Waals surface area (Å²) in [5.41, 5.74) is 2.66. The van der Waals surface area contributed by atoms with E-state index in [1.165, 1.54) is 6.07 Å². The van der Waals surface area contributed by atoms with Gasteiger partial charge in [0, 0.05) is 11.3 Å². The van der Waals surface area contributed by atoms with Crippen molar-refractivity contribution in [2.75, 3.05) is 5.32 Å². The largest absolute Gasteiger partial charge is 0.477 e. The maximum Gasteiger partial charge on any atom is 0.346 e. The lowest BCUT2D eigenvalue weighted by Crippen LogP contribution is -2.11. The molecule has 7 heteroatoms. The number of carbonyl (C=O) groups is 2. The molecule has 3 rings (SSSR count). The highest BCUT2D eigenvalue weighted by atomic mass is 32.1. The first-order chi connectivity index (χ1) is 12.4. The lowest BCUT2D eigenvalue weighted by molar-refractivity contribution is 0.0702. The van der Waals surface area contributed by atoms with E-state index >= 15 is 0 Å². The van der Waals surface area contributed by atoms with Crippen molar-refractivity contribution in [1.82, 2.24) is 4.98 Å². The van der Waals surface area contributed by atoms with Crippen LogP contribution in [-0.2, 0) is 0 Å². The first-order valence-corrected chi connectivity index (χ1v) is 8.59. The number of pyridine rings is 1. The van der Waals surface area contributed by atoms with E-state index in [2.05, 4.69) is 10.3 Å². The van der Waals surface area contributed by atoms with Gasteiger partial charge < -0.3 is 15.2 Å². The number of benzene rings is 1. The van der Waals surface area contributed by atoms with Crippen LogP contribution >= 0.6 is 11.3 Å². The van der Waals surface area contributed by atoms with Gasteiger partial charge in [-0.05, 0) is 44.2 Å². The summed E-state index contributed by atoms with van der Waals surface area (Å²) in [6.45, 7) is 3.78. The number of aromatic nitrogens is 1. The number of thiophene rings is 1. The topological polar surface area (TPSA) is 88.5 Å². The average Bonchev–Trinajstić information content (AvgIpc) is 3.00. The number of ether oxygens (including phenoxy) is 1. The molecule has 26 heavy (non-hydrogen) atoms. The van der Waals surface area contributed by atoms with Crippen molar-refractivity contribution in [2.45, 2.75) is 13.8 Å². The summed E-state index contributed by atoms with van der Waals surface area (Å²) in [5, 5.41) is 12.2. The van der Waals surface area contributed by atoms with Crippen molar-refractivity contribution in [3.8, 4) is 10.8 Å². The number of nitrogens with one attached hydrogen (secondary N) is 1. The minimum absolute atomic E-state index is 0.0688. The molecule has 0 atom stereocenters. The van der Waals surface area contributed by atoms with Crippen LogP contribution in [0.15, 0.2) is 48.7 Å². The number of carbonyl (C=O) groups excluding carboxylic acids is 1.